The zero-order chi connectivity index (χ0) is 18.7. The van der Waals surface area contributed by atoms with Crippen LogP contribution in [-0.2, 0) is 16.1 Å². The molecule has 1 N–H and O–H groups in total. The van der Waals surface area contributed by atoms with Crippen molar-refractivity contribution >= 4 is 17.5 Å². The summed E-state index contributed by atoms with van der Waals surface area (Å²) in [6.07, 6.45) is 2.39. The first-order chi connectivity index (χ1) is 13.7. The molecule has 3 aromatic rings. The molecule has 0 bridgehead atoms. The van der Waals surface area contributed by atoms with Crippen LogP contribution in [0.15, 0.2) is 42.5 Å². The molecule has 0 spiro atoms. The number of pyridine rings is 1. The lowest BCUT2D eigenvalue weighted by molar-refractivity contribution is -0.217. The summed E-state index contributed by atoms with van der Waals surface area (Å²) in [7, 11) is 0. The number of morpholine rings is 1. The average Bonchev–Trinajstić information content (AvgIpc) is 3.46. The summed E-state index contributed by atoms with van der Waals surface area (Å²) in [6, 6.07) is 15.1. The first kappa shape index (κ1) is 16.2. The normalized spacial score (nSPS) is 23.7. The number of aromatic nitrogens is 3. The van der Waals surface area contributed by atoms with Gasteiger partial charge in [-0.2, -0.15) is 4.98 Å². The molecule has 2 aliphatic heterocycles. The number of fused-ring (bicyclic) bond motifs is 2. The Bertz CT molecular complexity index is 1060. The van der Waals surface area contributed by atoms with Gasteiger partial charge in [0, 0.05) is 24.6 Å². The molecule has 7 heteroatoms. The van der Waals surface area contributed by atoms with Crippen molar-refractivity contribution in [3.8, 4) is 11.3 Å². The molecule has 1 aromatic carbocycles. The molecule has 0 radical (unpaired) electrons. The van der Waals surface area contributed by atoms with Crippen LogP contribution >= 0.6 is 0 Å². The van der Waals surface area contributed by atoms with Gasteiger partial charge in [-0.25, -0.2) is 4.52 Å². The number of rotatable bonds is 5. The van der Waals surface area contributed by atoms with Crippen LogP contribution in [0, 0.1) is 5.92 Å². The Morgan fingerprint density at radius 1 is 1.18 bits per heavy atom. The smallest absolute Gasteiger partial charge is 0.249 e. The van der Waals surface area contributed by atoms with Gasteiger partial charge in [-0.05, 0) is 30.5 Å². The van der Waals surface area contributed by atoms with E-state index in [4.69, 9.17) is 4.74 Å². The van der Waals surface area contributed by atoms with Crippen LogP contribution in [0.1, 0.15) is 18.4 Å². The molecule has 1 unspecified atom stereocenters. The van der Waals surface area contributed by atoms with Crippen LogP contribution in [0.5, 0.6) is 0 Å². The summed E-state index contributed by atoms with van der Waals surface area (Å²) in [6.45, 7) is 2.88. The topological polar surface area (TPSA) is 71.8 Å². The Morgan fingerprint density at radius 3 is 2.71 bits per heavy atom. The van der Waals surface area contributed by atoms with Crippen molar-refractivity contribution in [3.05, 3.63) is 48.0 Å². The molecule has 2 aromatic heterocycles. The van der Waals surface area contributed by atoms with Crippen molar-refractivity contribution in [1.82, 2.24) is 19.5 Å². The molecular formula is C21H21N5O2. The maximum Gasteiger partial charge on any atom is 0.249 e. The summed E-state index contributed by atoms with van der Waals surface area (Å²) in [5.41, 5.74) is 4.06. The van der Waals surface area contributed by atoms with E-state index in [1.165, 1.54) is 5.56 Å². The zero-order valence-corrected chi connectivity index (χ0v) is 15.4. The summed E-state index contributed by atoms with van der Waals surface area (Å²) in [4.78, 5) is 18.9. The van der Waals surface area contributed by atoms with E-state index in [-0.39, 0.29) is 11.8 Å². The van der Waals surface area contributed by atoms with Crippen molar-refractivity contribution in [2.75, 3.05) is 18.5 Å². The molecule has 142 valence electrons. The standard InChI is InChI=1S/C21H21N5O2/c27-20(15-8-9-15)23-21-22-19-3-1-2-16(26(19)24-21)14-6-4-13(5-7-14)10-25-11-18-17(25)12-28-18/h1-7,15,17-18H,8-12H2,(H,23,24,27)/t17-,18?/m1/s1. The van der Waals surface area contributed by atoms with Crippen molar-refractivity contribution < 1.29 is 9.53 Å². The van der Waals surface area contributed by atoms with E-state index in [9.17, 15) is 4.79 Å². The minimum absolute atomic E-state index is 0.0203. The predicted molar refractivity (Wildman–Crippen MR) is 104 cm³/mol. The molecule has 1 aliphatic carbocycles. The number of benzene rings is 1. The molecule has 7 nitrogen and oxygen atoms in total. The number of hydrogen-bond acceptors (Lipinski definition) is 5. The molecule has 1 saturated carbocycles. The van der Waals surface area contributed by atoms with Gasteiger partial charge in [0.05, 0.1) is 24.4 Å². The molecule has 2 saturated heterocycles. The van der Waals surface area contributed by atoms with Gasteiger partial charge in [0.15, 0.2) is 5.65 Å². The Hall–Kier alpha value is -2.77. The highest BCUT2D eigenvalue weighted by Gasteiger charge is 2.46. The summed E-state index contributed by atoms with van der Waals surface area (Å²) in [5, 5.41) is 7.34. The molecule has 3 aliphatic rings. The van der Waals surface area contributed by atoms with Gasteiger partial charge in [-0.1, -0.05) is 30.3 Å². The Kier molecular flexibility index (Phi) is 3.54. The minimum atomic E-state index is 0.0203. The largest absolute Gasteiger partial charge is 0.373 e. The lowest BCUT2D eigenvalue weighted by Crippen LogP contribution is -2.69. The minimum Gasteiger partial charge on any atom is -0.373 e. The van der Waals surface area contributed by atoms with Gasteiger partial charge in [0.1, 0.15) is 0 Å². The number of ether oxygens (including phenoxy) is 1. The van der Waals surface area contributed by atoms with Crippen molar-refractivity contribution in [1.29, 1.82) is 0 Å². The fraction of sp³-hybridized carbons (Fsp3) is 0.381. The highest BCUT2D eigenvalue weighted by atomic mass is 16.5. The van der Waals surface area contributed by atoms with Gasteiger partial charge < -0.3 is 4.74 Å². The molecule has 6 rings (SSSR count). The maximum atomic E-state index is 12.0. The number of nitrogens with zero attached hydrogens (tertiary/aromatic N) is 4. The van der Waals surface area contributed by atoms with Gasteiger partial charge in [0.2, 0.25) is 11.9 Å². The summed E-state index contributed by atoms with van der Waals surface area (Å²) < 4.78 is 7.27. The van der Waals surface area contributed by atoms with E-state index in [0.717, 1.165) is 49.4 Å². The van der Waals surface area contributed by atoms with Crippen LogP contribution in [0.25, 0.3) is 16.9 Å². The van der Waals surface area contributed by atoms with Crippen LogP contribution in [0.2, 0.25) is 0 Å². The molecule has 4 heterocycles. The number of likely N-dealkylation sites (tertiary alicyclic amines) is 1. The van der Waals surface area contributed by atoms with Crippen LogP contribution in [-0.4, -0.2) is 50.7 Å². The van der Waals surface area contributed by atoms with Gasteiger partial charge in [-0.15, -0.1) is 5.10 Å². The quantitative estimate of drug-likeness (QED) is 0.741. The SMILES string of the molecule is O=C(Nc1nc2cccc(-c3ccc(CN4CC5OC[C@H]54)cc3)n2n1)C1CC1. The van der Waals surface area contributed by atoms with Crippen LogP contribution in [0.3, 0.4) is 0 Å². The monoisotopic (exact) mass is 375 g/mol. The van der Waals surface area contributed by atoms with Gasteiger partial charge in [0.25, 0.3) is 0 Å². The zero-order valence-electron chi connectivity index (χ0n) is 15.4. The van der Waals surface area contributed by atoms with Crippen molar-refractivity contribution in [3.63, 3.8) is 0 Å². The Balaban J connectivity index is 1.24. The van der Waals surface area contributed by atoms with E-state index < -0.39 is 0 Å². The fourth-order valence-corrected chi connectivity index (χ4v) is 3.99. The third-order valence-corrected chi connectivity index (χ3v) is 5.97. The number of hydrogen-bond donors (Lipinski definition) is 1. The lowest BCUT2D eigenvalue weighted by Gasteiger charge is -2.55. The van der Waals surface area contributed by atoms with E-state index in [2.05, 4.69) is 44.6 Å². The van der Waals surface area contributed by atoms with E-state index in [1.54, 1.807) is 4.52 Å². The number of nitrogens with one attached hydrogen (secondary N) is 1. The highest BCUT2D eigenvalue weighted by molar-refractivity contribution is 5.92. The molecule has 3 fully saturated rings. The second-order valence-electron chi connectivity index (χ2n) is 7.95. The van der Waals surface area contributed by atoms with Crippen LogP contribution in [0.4, 0.5) is 5.95 Å². The lowest BCUT2D eigenvalue weighted by atomic mass is 9.94. The molecular weight excluding hydrogens is 354 g/mol. The van der Waals surface area contributed by atoms with Crippen molar-refractivity contribution in [2.45, 2.75) is 31.5 Å². The van der Waals surface area contributed by atoms with Crippen LogP contribution < -0.4 is 5.32 Å². The van der Waals surface area contributed by atoms with Gasteiger partial charge >= 0.3 is 0 Å². The van der Waals surface area contributed by atoms with E-state index in [0.29, 0.717) is 18.1 Å². The first-order valence-corrected chi connectivity index (χ1v) is 9.86. The third kappa shape index (κ3) is 2.70. The maximum absolute atomic E-state index is 12.0. The molecule has 1 amide bonds. The number of amides is 1. The number of carbonyl (C=O) groups is 1. The molecule has 28 heavy (non-hydrogen) atoms. The highest BCUT2D eigenvalue weighted by Crippen LogP contribution is 2.32. The van der Waals surface area contributed by atoms with Gasteiger partial charge in [-0.3, -0.25) is 15.0 Å². The summed E-state index contributed by atoms with van der Waals surface area (Å²) >= 11 is 0. The van der Waals surface area contributed by atoms with E-state index in [1.807, 2.05) is 18.2 Å². The molecule has 2 atom stereocenters. The number of anilines is 1. The number of carbonyl (C=O) groups excluding carboxylic acids is 1. The summed E-state index contributed by atoms with van der Waals surface area (Å²) in [5.74, 6) is 0.523. The van der Waals surface area contributed by atoms with E-state index >= 15 is 0 Å². The van der Waals surface area contributed by atoms with Crippen molar-refractivity contribution in [2.24, 2.45) is 5.92 Å². The second kappa shape index (κ2) is 6.12. The second-order valence-corrected chi connectivity index (χ2v) is 7.95. The average molecular weight is 375 g/mol. The predicted octanol–water partition coefficient (Wildman–Crippen LogP) is 2.33. The Labute approximate surface area is 162 Å². The first-order valence-electron chi connectivity index (χ1n) is 9.86. The third-order valence-electron chi connectivity index (χ3n) is 5.97. The Morgan fingerprint density at radius 2 is 2.04 bits per heavy atom. The fourth-order valence-electron chi connectivity index (χ4n) is 3.99.